The van der Waals surface area contributed by atoms with Crippen molar-refractivity contribution in [1.82, 2.24) is 0 Å². The predicted molar refractivity (Wildman–Crippen MR) is 88.4 cm³/mol. The molecule has 1 fully saturated rings. The summed E-state index contributed by atoms with van der Waals surface area (Å²) in [5.74, 6) is 0. The summed E-state index contributed by atoms with van der Waals surface area (Å²) >= 11 is 3.71. The molecule has 1 aliphatic heterocycles. The highest BCUT2D eigenvalue weighted by molar-refractivity contribution is 9.10. The van der Waals surface area contributed by atoms with Crippen LogP contribution in [0, 0.1) is 0 Å². The largest absolute Gasteiger partial charge is 0.375 e. The van der Waals surface area contributed by atoms with Crippen molar-refractivity contribution in [2.45, 2.75) is 45.3 Å². The van der Waals surface area contributed by atoms with Crippen LogP contribution in [-0.4, -0.2) is 31.8 Å². The van der Waals surface area contributed by atoms with Crippen LogP contribution < -0.4 is 10.6 Å². The molecule has 0 bridgehead atoms. The number of hydrogen-bond donors (Lipinski definition) is 1. The maximum Gasteiger partial charge on any atom is 0.0748 e. The monoisotopic (exact) mass is 340 g/mol. The lowest BCUT2D eigenvalue weighted by atomic mass is 10.0. The number of nitrogens with zero attached hydrogens (tertiary/aromatic N) is 1. The summed E-state index contributed by atoms with van der Waals surface area (Å²) in [6.07, 6.45) is 3.37. The summed E-state index contributed by atoms with van der Waals surface area (Å²) in [6, 6.07) is 6.87. The van der Waals surface area contributed by atoms with Gasteiger partial charge in [-0.25, -0.2) is 0 Å². The Morgan fingerprint density at radius 3 is 2.90 bits per heavy atom. The lowest BCUT2D eigenvalue weighted by Crippen LogP contribution is -2.42. The highest BCUT2D eigenvalue weighted by atomic mass is 79.9. The van der Waals surface area contributed by atoms with Gasteiger partial charge in [0.25, 0.3) is 0 Å². The molecule has 1 heterocycles. The van der Waals surface area contributed by atoms with Gasteiger partial charge in [0.2, 0.25) is 0 Å². The fourth-order valence-corrected chi connectivity index (χ4v) is 3.24. The Balaban J connectivity index is 2.09. The summed E-state index contributed by atoms with van der Waals surface area (Å²) < 4.78 is 6.90. The van der Waals surface area contributed by atoms with Gasteiger partial charge >= 0.3 is 0 Å². The summed E-state index contributed by atoms with van der Waals surface area (Å²) in [5.41, 5.74) is 8.60. The number of benzene rings is 1. The van der Waals surface area contributed by atoms with Gasteiger partial charge in [-0.05, 0) is 52.9 Å². The summed E-state index contributed by atoms with van der Waals surface area (Å²) in [6.45, 7) is 7.06. The van der Waals surface area contributed by atoms with Crippen molar-refractivity contribution in [2.75, 3.05) is 24.6 Å². The Morgan fingerprint density at radius 1 is 1.45 bits per heavy atom. The van der Waals surface area contributed by atoms with E-state index in [1.807, 2.05) is 0 Å². The molecular weight excluding hydrogens is 316 g/mol. The molecule has 1 saturated heterocycles. The Bertz CT molecular complexity index is 438. The molecule has 0 aromatic heterocycles. The van der Waals surface area contributed by atoms with Crippen molar-refractivity contribution in [2.24, 2.45) is 5.73 Å². The molecule has 1 aliphatic rings. The zero-order valence-electron chi connectivity index (χ0n) is 12.4. The van der Waals surface area contributed by atoms with Gasteiger partial charge in [0.15, 0.2) is 0 Å². The van der Waals surface area contributed by atoms with Crippen LogP contribution in [0.25, 0.3) is 0 Å². The molecule has 1 aromatic rings. The summed E-state index contributed by atoms with van der Waals surface area (Å²) in [7, 11) is 0. The van der Waals surface area contributed by atoms with Crippen LogP contribution >= 0.6 is 15.9 Å². The maximum absolute atomic E-state index is 6.03. The second kappa shape index (κ2) is 7.43. The lowest BCUT2D eigenvalue weighted by molar-refractivity contribution is 0.0384. The zero-order chi connectivity index (χ0) is 14.5. The van der Waals surface area contributed by atoms with E-state index >= 15 is 0 Å². The van der Waals surface area contributed by atoms with Gasteiger partial charge < -0.3 is 15.4 Å². The van der Waals surface area contributed by atoms with E-state index in [9.17, 15) is 0 Å². The van der Waals surface area contributed by atoms with Gasteiger partial charge in [-0.2, -0.15) is 0 Å². The van der Waals surface area contributed by atoms with E-state index in [1.165, 1.54) is 11.3 Å². The number of rotatable bonds is 5. The third kappa shape index (κ3) is 3.96. The number of hydrogen-bond acceptors (Lipinski definition) is 3. The Labute approximate surface area is 130 Å². The molecule has 3 nitrogen and oxygen atoms in total. The summed E-state index contributed by atoms with van der Waals surface area (Å²) in [4.78, 5) is 2.41. The molecule has 2 unspecified atom stereocenters. The third-order valence-corrected chi connectivity index (χ3v) is 4.60. The molecule has 0 spiro atoms. The number of anilines is 1. The first-order valence-electron chi connectivity index (χ1n) is 7.54. The quantitative estimate of drug-likeness (QED) is 0.893. The van der Waals surface area contributed by atoms with Crippen molar-refractivity contribution < 1.29 is 4.74 Å². The Morgan fingerprint density at radius 2 is 2.25 bits per heavy atom. The van der Waals surface area contributed by atoms with E-state index < -0.39 is 0 Å². The smallest absolute Gasteiger partial charge is 0.0748 e. The second-order valence-electron chi connectivity index (χ2n) is 5.51. The third-order valence-electron chi connectivity index (χ3n) is 3.97. The minimum absolute atomic E-state index is 0.251. The normalized spacial score (nSPS) is 21.0. The van der Waals surface area contributed by atoms with Crippen LogP contribution in [0.4, 0.5) is 5.69 Å². The summed E-state index contributed by atoms with van der Waals surface area (Å²) in [5, 5.41) is 0. The van der Waals surface area contributed by atoms with Crippen LogP contribution in [0.3, 0.4) is 0 Å². The standard InChI is InChI=1S/C16H25BrN2O/c1-3-13(18)9-12-5-6-16(15(17)10-12)19-7-8-20-14(4-2)11-19/h5-6,10,13-14H,3-4,7-9,11,18H2,1-2H3. The minimum atomic E-state index is 0.251. The Hall–Kier alpha value is -0.580. The minimum Gasteiger partial charge on any atom is -0.375 e. The fourth-order valence-electron chi connectivity index (χ4n) is 2.57. The lowest BCUT2D eigenvalue weighted by Gasteiger charge is -2.34. The van der Waals surface area contributed by atoms with Crippen molar-refractivity contribution >= 4 is 21.6 Å². The van der Waals surface area contributed by atoms with E-state index in [4.69, 9.17) is 10.5 Å². The van der Waals surface area contributed by atoms with Crippen LogP contribution in [0.2, 0.25) is 0 Å². The van der Waals surface area contributed by atoms with Gasteiger partial charge in [0.1, 0.15) is 0 Å². The number of ether oxygens (including phenoxy) is 1. The van der Waals surface area contributed by atoms with Crippen molar-refractivity contribution in [3.63, 3.8) is 0 Å². The van der Waals surface area contributed by atoms with Gasteiger partial charge in [-0.3, -0.25) is 0 Å². The molecule has 2 N–H and O–H groups in total. The maximum atomic E-state index is 6.03. The van der Waals surface area contributed by atoms with Crippen molar-refractivity contribution in [3.05, 3.63) is 28.2 Å². The topological polar surface area (TPSA) is 38.5 Å². The van der Waals surface area contributed by atoms with Crippen molar-refractivity contribution in [3.8, 4) is 0 Å². The van der Waals surface area contributed by atoms with E-state index in [0.29, 0.717) is 6.10 Å². The average Bonchev–Trinajstić information content (AvgIpc) is 2.47. The fraction of sp³-hybridized carbons (Fsp3) is 0.625. The van der Waals surface area contributed by atoms with Gasteiger partial charge in [-0.15, -0.1) is 0 Å². The molecule has 0 radical (unpaired) electrons. The first-order chi connectivity index (χ1) is 9.63. The molecular formula is C16H25BrN2O. The molecule has 0 aliphatic carbocycles. The van der Waals surface area contributed by atoms with Crippen LogP contribution in [0.15, 0.2) is 22.7 Å². The first kappa shape index (κ1) is 15.8. The average molecular weight is 341 g/mol. The molecule has 112 valence electrons. The zero-order valence-corrected chi connectivity index (χ0v) is 14.0. The van der Waals surface area contributed by atoms with E-state index in [-0.39, 0.29) is 6.04 Å². The predicted octanol–water partition coefficient (Wildman–Crippen LogP) is 3.34. The molecule has 4 heteroatoms. The van der Waals surface area contributed by atoms with Crippen LogP contribution in [0.1, 0.15) is 32.3 Å². The molecule has 1 aromatic carbocycles. The molecule has 0 saturated carbocycles. The highest BCUT2D eigenvalue weighted by Crippen LogP contribution is 2.29. The molecule has 0 amide bonds. The van der Waals surface area contributed by atoms with E-state index in [0.717, 1.165) is 43.4 Å². The SMILES string of the molecule is CCC(N)Cc1ccc(N2CCOC(CC)C2)c(Br)c1. The van der Waals surface area contributed by atoms with Crippen molar-refractivity contribution in [1.29, 1.82) is 0 Å². The number of morpholine rings is 1. The Kier molecular flexibility index (Phi) is 5.87. The van der Waals surface area contributed by atoms with Gasteiger partial charge in [-0.1, -0.05) is 19.9 Å². The van der Waals surface area contributed by atoms with Gasteiger partial charge in [0, 0.05) is 23.6 Å². The van der Waals surface area contributed by atoms with Gasteiger partial charge in [0.05, 0.1) is 18.4 Å². The molecule has 2 atom stereocenters. The molecule has 2 rings (SSSR count). The molecule has 20 heavy (non-hydrogen) atoms. The first-order valence-corrected chi connectivity index (χ1v) is 8.33. The van der Waals surface area contributed by atoms with E-state index in [2.05, 4.69) is 52.9 Å². The highest BCUT2D eigenvalue weighted by Gasteiger charge is 2.20. The number of halogens is 1. The number of nitrogens with two attached hydrogens (primary N) is 1. The van der Waals surface area contributed by atoms with E-state index in [1.54, 1.807) is 0 Å². The van der Waals surface area contributed by atoms with Crippen LogP contribution in [-0.2, 0) is 11.2 Å². The van der Waals surface area contributed by atoms with Crippen LogP contribution in [0.5, 0.6) is 0 Å². The second-order valence-corrected chi connectivity index (χ2v) is 6.36.